The molecule has 0 unspecified atom stereocenters. The van der Waals surface area contributed by atoms with Gasteiger partial charge in [-0.25, -0.2) is 0 Å². The number of rotatable bonds is 1. The maximum atomic E-state index is 10.5. The minimum Gasteiger partial charge on any atom is -0.507 e. The molecule has 0 radical (unpaired) electrons. The Morgan fingerprint density at radius 2 is 1.53 bits per heavy atom. The van der Waals surface area contributed by atoms with Crippen LogP contribution in [0.25, 0.3) is 10.8 Å². The predicted octanol–water partition coefficient (Wildman–Crippen LogP) is 3.93. The van der Waals surface area contributed by atoms with E-state index in [1.54, 1.807) is 0 Å². The van der Waals surface area contributed by atoms with Crippen LogP contribution in [0.3, 0.4) is 0 Å². The highest BCUT2D eigenvalue weighted by molar-refractivity contribution is 5.95. The van der Waals surface area contributed by atoms with E-state index in [0.717, 1.165) is 28.3 Å². The second-order valence-corrected chi connectivity index (χ2v) is 5.51. The Bertz CT molecular complexity index is 681. The van der Waals surface area contributed by atoms with Crippen molar-refractivity contribution in [3.63, 3.8) is 0 Å². The van der Waals surface area contributed by atoms with Gasteiger partial charge in [0.15, 0.2) is 0 Å². The summed E-state index contributed by atoms with van der Waals surface area (Å²) in [4.78, 5) is 0. The van der Waals surface area contributed by atoms with Crippen molar-refractivity contribution >= 4 is 10.8 Å². The molecule has 98 valence electrons. The molecular formula is C17H18O2. The SMILES string of the molecule is CC(C)C1=CCc2c(c(O)c3ccccc3c2O)C1. The highest BCUT2D eigenvalue weighted by Gasteiger charge is 2.22. The van der Waals surface area contributed by atoms with E-state index in [9.17, 15) is 10.2 Å². The smallest absolute Gasteiger partial charge is 0.127 e. The van der Waals surface area contributed by atoms with Gasteiger partial charge in [-0.1, -0.05) is 49.8 Å². The lowest BCUT2D eigenvalue weighted by atomic mass is 9.84. The standard InChI is InChI=1S/C17H18O2/c1-10(2)11-7-8-14-15(9-11)17(19)13-6-4-3-5-12(13)16(14)18/h3-7,10,18-19H,8-9H2,1-2H3. The van der Waals surface area contributed by atoms with Crippen molar-refractivity contribution in [2.45, 2.75) is 26.7 Å². The summed E-state index contributed by atoms with van der Waals surface area (Å²) in [7, 11) is 0. The second kappa shape index (κ2) is 4.30. The summed E-state index contributed by atoms with van der Waals surface area (Å²) in [5, 5.41) is 22.4. The Labute approximate surface area is 113 Å². The van der Waals surface area contributed by atoms with Crippen molar-refractivity contribution in [3.8, 4) is 11.5 Å². The van der Waals surface area contributed by atoms with E-state index in [2.05, 4.69) is 19.9 Å². The van der Waals surface area contributed by atoms with Gasteiger partial charge in [0.2, 0.25) is 0 Å². The van der Waals surface area contributed by atoms with Gasteiger partial charge in [-0.15, -0.1) is 0 Å². The van der Waals surface area contributed by atoms with Crippen LogP contribution >= 0.6 is 0 Å². The molecule has 1 aliphatic carbocycles. The van der Waals surface area contributed by atoms with Gasteiger partial charge in [0, 0.05) is 21.9 Å². The van der Waals surface area contributed by atoms with E-state index in [-0.39, 0.29) is 0 Å². The van der Waals surface area contributed by atoms with Crippen LogP contribution in [-0.4, -0.2) is 10.2 Å². The molecule has 2 aromatic rings. The molecule has 0 fully saturated rings. The Kier molecular flexibility index (Phi) is 2.74. The summed E-state index contributed by atoms with van der Waals surface area (Å²) >= 11 is 0. The molecule has 0 saturated heterocycles. The lowest BCUT2D eigenvalue weighted by molar-refractivity contribution is 0.457. The van der Waals surface area contributed by atoms with Gasteiger partial charge in [-0.05, 0) is 18.8 Å². The van der Waals surface area contributed by atoms with Crippen LogP contribution in [0.1, 0.15) is 25.0 Å². The fourth-order valence-electron chi connectivity index (χ4n) is 2.87. The first kappa shape index (κ1) is 12.1. The zero-order valence-electron chi connectivity index (χ0n) is 11.3. The summed E-state index contributed by atoms with van der Waals surface area (Å²) in [6.07, 6.45) is 3.62. The van der Waals surface area contributed by atoms with Crippen molar-refractivity contribution in [3.05, 3.63) is 47.0 Å². The lowest BCUT2D eigenvalue weighted by Gasteiger charge is -2.23. The van der Waals surface area contributed by atoms with E-state index >= 15 is 0 Å². The number of phenolic OH excluding ortho intramolecular Hbond substituents is 2. The van der Waals surface area contributed by atoms with Crippen LogP contribution < -0.4 is 0 Å². The summed E-state index contributed by atoms with van der Waals surface area (Å²) in [6.45, 7) is 4.32. The third-order valence-corrected chi connectivity index (χ3v) is 4.06. The van der Waals surface area contributed by atoms with E-state index in [1.165, 1.54) is 5.57 Å². The summed E-state index contributed by atoms with van der Waals surface area (Å²) < 4.78 is 0. The largest absolute Gasteiger partial charge is 0.507 e. The van der Waals surface area contributed by atoms with Gasteiger partial charge >= 0.3 is 0 Å². The molecule has 19 heavy (non-hydrogen) atoms. The van der Waals surface area contributed by atoms with Crippen LogP contribution in [0.2, 0.25) is 0 Å². The molecule has 0 atom stereocenters. The van der Waals surface area contributed by atoms with Gasteiger partial charge in [0.25, 0.3) is 0 Å². The molecule has 1 aliphatic rings. The van der Waals surface area contributed by atoms with Gasteiger partial charge in [0.1, 0.15) is 11.5 Å². The molecule has 3 rings (SSSR count). The molecule has 0 amide bonds. The fourth-order valence-corrected chi connectivity index (χ4v) is 2.87. The third kappa shape index (κ3) is 1.79. The molecule has 0 heterocycles. The Hall–Kier alpha value is -1.96. The average molecular weight is 254 g/mol. The van der Waals surface area contributed by atoms with E-state index in [4.69, 9.17) is 0 Å². The molecule has 0 saturated carbocycles. The molecule has 0 aliphatic heterocycles. The first-order chi connectivity index (χ1) is 9.09. The number of allylic oxidation sites excluding steroid dienone is 2. The molecular weight excluding hydrogens is 236 g/mol. The Balaban J connectivity index is 2.26. The number of hydrogen-bond donors (Lipinski definition) is 2. The maximum absolute atomic E-state index is 10.5. The van der Waals surface area contributed by atoms with Crippen molar-refractivity contribution in [1.82, 2.24) is 0 Å². The van der Waals surface area contributed by atoms with E-state index < -0.39 is 0 Å². The molecule has 2 aromatic carbocycles. The van der Waals surface area contributed by atoms with Gasteiger partial charge in [0.05, 0.1) is 0 Å². The van der Waals surface area contributed by atoms with E-state index in [0.29, 0.717) is 23.8 Å². The van der Waals surface area contributed by atoms with Crippen LogP contribution in [0.15, 0.2) is 35.9 Å². The number of phenols is 2. The Morgan fingerprint density at radius 1 is 0.947 bits per heavy atom. The van der Waals surface area contributed by atoms with Gasteiger partial charge < -0.3 is 10.2 Å². The van der Waals surface area contributed by atoms with Crippen molar-refractivity contribution < 1.29 is 10.2 Å². The number of fused-ring (bicyclic) bond motifs is 2. The highest BCUT2D eigenvalue weighted by Crippen LogP contribution is 2.43. The second-order valence-electron chi connectivity index (χ2n) is 5.51. The Morgan fingerprint density at radius 3 is 2.11 bits per heavy atom. The van der Waals surface area contributed by atoms with Gasteiger partial charge in [-0.2, -0.15) is 0 Å². The quantitative estimate of drug-likeness (QED) is 0.598. The molecule has 0 bridgehead atoms. The van der Waals surface area contributed by atoms with Crippen molar-refractivity contribution in [2.75, 3.05) is 0 Å². The van der Waals surface area contributed by atoms with Gasteiger partial charge in [-0.3, -0.25) is 0 Å². The van der Waals surface area contributed by atoms with Crippen LogP contribution in [-0.2, 0) is 12.8 Å². The number of benzene rings is 2. The molecule has 2 nitrogen and oxygen atoms in total. The summed E-state index contributed by atoms with van der Waals surface area (Å²) in [5.41, 5.74) is 3.10. The first-order valence-electron chi connectivity index (χ1n) is 6.73. The predicted molar refractivity (Wildman–Crippen MR) is 77.6 cm³/mol. The summed E-state index contributed by atoms with van der Waals surface area (Å²) in [6, 6.07) is 7.48. The monoisotopic (exact) mass is 254 g/mol. The zero-order valence-corrected chi connectivity index (χ0v) is 11.3. The van der Waals surface area contributed by atoms with E-state index in [1.807, 2.05) is 24.3 Å². The minimum atomic E-state index is 0.322. The van der Waals surface area contributed by atoms with Crippen LogP contribution in [0, 0.1) is 5.92 Å². The molecule has 0 spiro atoms. The fraction of sp³-hybridized carbons (Fsp3) is 0.294. The van der Waals surface area contributed by atoms with Crippen molar-refractivity contribution in [2.24, 2.45) is 5.92 Å². The van der Waals surface area contributed by atoms with Crippen LogP contribution in [0.4, 0.5) is 0 Å². The average Bonchev–Trinajstić information content (AvgIpc) is 2.44. The maximum Gasteiger partial charge on any atom is 0.127 e. The topological polar surface area (TPSA) is 40.5 Å². The third-order valence-electron chi connectivity index (χ3n) is 4.06. The van der Waals surface area contributed by atoms with Crippen LogP contribution in [0.5, 0.6) is 11.5 Å². The minimum absolute atomic E-state index is 0.322. The normalized spacial score (nSPS) is 14.6. The molecule has 2 heteroatoms. The molecule has 2 N–H and O–H groups in total. The first-order valence-corrected chi connectivity index (χ1v) is 6.73. The lowest BCUT2D eigenvalue weighted by Crippen LogP contribution is -2.08. The number of hydrogen-bond acceptors (Lipinski definition) is 2. The zero-order chi connectivity index (χ0) is 13.6. The number of aromatic hydroxyl groups is 2. The summed E-state index contributed by atoms with van der Waals surface area (Å²) in [5.74, 6) is 1.12. The molecule has 0 aromatic heterocycles. The van der Waals surface area contributed by atoms with Crippen molar-refractivity contribution in [1.29, 1.82) is 0 Å². The highest BCUT2D eigenvalue weighted by atomic mass is 16.3.